The van der Waals surface area contributed by atoms with E-state index in [9.17, 15) is 9.90 Å². The van der Waals surface area contributed by atoms with E-state index >= 15 is 0 Å². The predicted octanol–water partition coefficient (Wildman–Crippen LogP) is 4.18. The summed E-state index contributed by atoms with van der Waals surface area (Å²) in [6.07, 6.45) is 1.44. The van der Waals surface area contributed by atoms with Gasteiger partial charge in [-0.05, 0) is 61.0 Å². The van der Waals surface area contributed by atoms with Gasteiger partial charge >= 0.3 is 0 Å². The molecule has 0 atom stereocenters. The number of pyridine rings is 1. The topological polar surface area (TPSA) is 105 Å². The van der Waals surface area contributed by atoms with Crippen LogP contribution in [0.4, 0.5) is 0 Å². The Labute approximate surface area is 165 Å². The minimum Gasteiger partial charge on any atom is -0.507 e. The molecule has 0 radical (unpaired) electrons. The Bertz CT molecular complexity index is 943. The molecule has 0 spiro atoms. The van der Waals surface area contributed by atoms with Gasteiger partial charge in [0.25, 0.3) is 0 Å². The van der Waals surface area contributed by atoms with E-state index in [1.807, 2.05) is 26.8 Å². The van der Waals surface area contributed by atoms with Gasteiger partial charge in [0, 0.05) is 17.6 Å². The third kappa shape index (κ3) is 5.28. The van der Waals surface area contributed by atoms with Gasteiger partial charge in [0.05, 0.1) is 11.1 Å². The number of ketones is 1. The molecule has 0 fully saturated rings. The number of carbonyl (C=O) groups excluding carboxylic acids is 1. The summed E-state index contributed by atoms with van der Waals surface area (Å²) >= 11 is 3.21. The van der Waals surface area contributed by atoms with Crippen LogP contribution >= 0.6 is 15.9 Å². The number of oxime groups is 1. The van der Waals surface area contributed by atoms with Gasteiger partial charge in [-0.15, -0.1) is 0 Å². The van der Waals surface area contributed by atoms with Crippen molar-refractivity contribution in [3.05, 3.63) is 51.8 Å². The van der Waals surface area contributed by atoms with Crippen LogP contribution in [-0.2, 0) is 4.84 Å². The highest BCUT2D eigenvalue weighted by Gasteiger charge is 2.22. The molecule has 1 N–H and O–H groups in total. The van der Waals surface area contributed by atoms with Gasteiger partial charge in [0.1, 0.15) is 17.4 Å². The second-order valence-electron chi connectivity index (χ2n) is 6.56. The molecule has 1 aromatic carbocycles. The number of phenols is 1. The predicted molar refractivity (Wildman–Crippen MR) is 103 cm³/mol. The van der Waals surface area contributed by atoms with Crippen LogP contribution in [0.25, 0.3) is 0 Å². The van der Waals surface area contributed by atoms with Gasteiger partial charge in [-0.1, -0.05) is 5.16 Å². The molecule has 0 saturated carbocycles. The number of nitrogens with zero attached hydrogens (tertiary/aromatic N) is 3. The summed E-state index contributed by atoms with van der Waals surface area (Å²) in [7, 11) is 0. The van der Waals surface area contributed by atoms with Crippen molar-refractivity contribution in [2.24, 2.45) is 5.16 Å². The Kier molecular flexibility index (Phi) is 6.18. The zero-order valence-corrected chi connectivity index (χ0v) is 16.9. The first-order valence-electron chi connectivity index (χ1n) is 7.95. The number of hydrogen-bond acceptors (Lipinski definition) is 7. The quantitative estimate of drug-likeness (QED) is 0.336. The smallest absolute Gasteiger partial charge is 0.228 e. The number of phenolic OH excluding ortho intramolecular Hbond substituents is 1. The van der Waals surface area contributed by atoms with Gasteiger partial charge in [0.15, 0.2) is 11.4 Å². The van der Waals surface area contributed by atoms with Crippen LogP contribution in [-0.4, -0.2) is 27.4 Å². The monoisotopic (exact) mass is 431 g/mol. The SMILES string of the molecule is C/C(=N/OC(C)(C)C)Oc1cccnc1C(=O)c1cc(Br)c(C#N)cc1O. The summed E-state index contributed by atoms with van der Waals surface area (Å²) in [6, 6.07) is 7.68. The zero-order valence-electron chi connectivity index (χ0n) is 15.3. The van der Waals surface area contributed by atoms with Crippen LogP contribution in [0.5, 0.6) is 11.5 Å². The number of halogens is 1. The summed E-state index contributed by atoms with van der Waals surface area (Å²) in [4.78, 5) is 22.2. The van der Waals surface area contributed by atoms with Crippen molar-refractivity contribution >= 4 is 27.6 Å². The molecule has 0 saturated heterocycles. The fraction of sp³-hybridized carbons (Fsp3) is 0.263. The molecule has 0 bridgehead atoms. The third-order valence-corrected chi connectivity index (χ3v) is 3.80. The maximum atomic E-state index is 12.9. The van der Waals surface area contributed by atoms with Crippen LogP contribution in [0.1, 0.15) is 49.3 Å². The van der Waals surface area contributed by atoms with Gasteiger partial charge in [-0.3, -0.25) is 4.79 Å². The van der Waals surface area contributed by atoms with Crippen LogP contribution in [0.3, 0.4) is 0 Å². The Morgan fingerprint density at radius 3 is 2.70 bits per heavy atom. The lowest BCUT2D eigenvalue weighted by molar-refractivity contribution is -0.00187. The molecule has 0 aliphatic carbocycles. The standard InChI is InChI=1S/C19H18BrN3O4/c1-11(23-27-19(2,3)4)26-16-6-5-7-22-17(16)18(25)13-9-14(20)12(10-21)8-15(13)24/h5-9,24H,1-4H3/b23-11-. The fourth-order valence-corrected chi connectivity index (χ4v) is 2.41. The minimum atomic E-state index is -0.558. The Morgan fingerprint density at radius 2 is 2.07 bits per heavy atom. The van der Waals surface area contributed by atoms with Crippen molar-refractivity contribution in [1.82, 2.24) is 4.98 Å². The molecule has 0 aliphatic rings. The first-order valence-corrected chi connectivity index (χ1v) is 8.74. The van der Waals surface area contributed by atoms with E-state index in [2.05, 4.69) is 26.1 Å². The van der Waals surface area contributed by atoms with Crippen LogP contribution in [0.15, 0.2) is 40.1 Å². The number of nitriles is 1. The summed E-state index contributed by atoms with van der Waals surface area (Å²) in [6.45, 7) is 7.11. The van der Waals surface area contributed by atoms with Gasteiger partial charge in [0.2, 0.25) is 11.7 Å². The number of benzene rings is 1. The Hall–Kier alpha value is -2.92. The molecule has 2 rings (SSSR count). The average Bonchev–Trinajstić information content (AvgIpc) is 2.61. The minimum absolute atomic E-state index is 0.00489. The maximum Gasteiger partial charge on any atom is 0.228 e. The van der Waals surface area contributed by atoms with E-state index < -0.39 is 11.4 Å². The largest absolute Gasteiger partial charge is 0.507 e. The summed E-state index contributed by atoms with van der Waals surface area (Å²) in [5, 5.41) is 23.0. The number of ether oxygens (including phenoxy) is 1. The van der Waals surface area contributed by atoms with E-state index in [1.165, 1.54) is 18.3 Å². The van der Waals surface area contributed by atoms with E-state index in [0.717, 1.165) is 0 Å². The number of aromatic nitrogens is 1. The number of rotatable bonds is 4. The van der Waals surface area contributed by atoms with Crippen molar-refractivity contribution < 1.29 is 19.5 Å². The van der Waals surface area contributed by atoms with Crippen molar-refractivity contribution in [1.29, 1.82) is 5.26 Å². The first kappa shape index (κ1) is 20.4. The molecule has 7 nitrogen and oxygen atoms in total. The maximum absolute atomic E-state index is 12.9. The van der Waals surface area contributed by atoms with Crippen LogP contribution in [0.2, 0.25) is 0 Å². The molecule has 140 valence electrons. The van der Waals surface area contributed by atoms with E-state index in [4.69, 9.17) is 14.8 Å². The molecule has 2 aromatic rings. The van der Waals surface area contributed by atoms with Gasteiger partial charge in [-0.2, -0.15) is 5.26 Å². The van der Waals surface area contributed by atoms with Crippen LogP contribution in [0, 0.1) is 11.3 Å². The second kappa shape index (κ2) is 8.18. The molecular weight excluding hydrogens is 414 g/mol. The summed E-state index contributed by atoms with van der Waals surface area (Å²) in [5.74, 6) is -0.519. The summed E-state index contributed by atoms with van der Waals surface area (Å²) in [5.41, 5.74) is -0.290. The van der Waals surface area contributed by atoms with Gasteiger partial charge < -0.3 is 14.7 Å². The molecule has 0 amide bonds. The lowest BCUT2D eigenvalue weighted by Crippen LogP contribution is -2.18. The van der Waals surface area contributed by atoms with Crippen molar-refractivity contribution in [3.8, 4) is 17.6 Å². The average molecular weight is 432 g/mol. The van der Waals surface area contributed by atoms with Crippen LogP contribution < -0.4 is 4.74 Å². The summed E-state index contributed by atoms with van der Waals surface area (Å²) < 4.78 is 5.98. The Morgan fingerprint density at radius 1 is 1.37 bits per heavy atom. The highest BCUT2D eigenvalue weighted by Crippen LogP contribution is 2.29. The molecule has 1 aromatic heterocycles. The Balaban J connectivity index is 2.37. The molecule has 8 heteroatoms. The second-order valence-corrected chi connectivity index (χ2v) is 7.41. The van der Waals surface area contributed by atoms with E-state index in [1.54, 1.807) is 19.1 Å². The molecule has 0 aliphatic heterocycles. The number of aromatic hydroxyl groups is 1. The number of hydrogen-bond donors (Lipinski definition) is 1. The van der Waals surface area contributed by atoms with Crippen molar-refractivity contribution in [2.45, 2.75) is 33.3 Å². The lowest BCUT2D eigenvalue weighted by Gasteiger charge is -2.16. The first-order chi connectivity index (χ1) is 12.6. The highest BCUT2D eigenvalue weighted by molar-refractivity contribution is 9.10. The van der Waals surface area contributed by atoms with Crippen molar-refractivity contribution in [3.63, 3.8) is 0 Å². The molecule has 1 heterocycles. The molecule has 0 unspecified atom stereocenters. The third-order valence-electron chi connectivity index (χ3n) is 3.14. The molecule has 27 heavy (non-hydrogen) atoms. The molecular formula is C19H18BrN3O4. The number of carbonyl (C=O) groups is 1. The zero-order chi connectivity index (χ0) is 20.2. The highest BCUT2D eigenvalue weighted by atomic mass is 79.9. The van der Waals surface area contributed by atoms with Gasteiger partial charge in [-0.25, -0.2) is 4.98 Å². The van der Waals surface area contributed by atoms with Crippen molar-refractivity contribution in [2.75, 3.05) is 0 Å². The fourth-order valence-electron chi connectivity index (χ4n) is 1.98. The lowest BCUT2D eigenvalue weighted by atomic mass is 10.0. The van der Waals surface area contributed by atoms with E-state index in [0.29, 0.717) is 4.47 Å². The van der Waals surface area contributed by atoms with E-state index in [-0.39, 0.29) is 34.2 Å². The normalized spacial score (nSPS) is 11.6.